The largest absolute Gasteiger partial charge is 0.309 e. The lowest BCUT2D eigenvalue weighted by Gasteiger charge is -2.18. The van der Waals surface area contributed by atoms with E-state index in [1.54, 1.807) is 11.3 Å². The van der Waals surface area contributed by atoms with Crippen LogP contribution in [-0.2, 0) is 0 Å². The molecule has 0 fully saturated rings. The van der Waals surface area contributed by atoms with Gasteiger partial charge in [0.1, 0.15) is 0 Å². The summed E-state index contributed by atoms with van der Waals surface area (Å²) in [6, 6.07) is 8.98. The zero-order valence-electron chi connectivity index (χ0n) is 11.2. The summed E-state index contributed by atoms with van der Waals surface area (Å²) < 4.78 is 0.885. The van der Waals surface area contributed by atoms with E-state index in [0.717, 1.165) is 9.90 Å². The number of rotatable bonds is 3. The predicted octanol–water partition coefficient (Wildman–Crippen LogP) is 4.64. The van der Waals surface area contributed by atoms with E-state index in [2.05, 4.69) is 50.4 Å². The molecule has 0 radical (unpaired) electrons. The summed E-state index contributed by atoms with van der Waals surface area (Å²) >= 11 is 7.84. The lowest BCUT2D eigenvalue weighted by atomic mass is 9.98. The molecule has 1 nitrogen and oxygen atoms in total. The molecule has 0 spiro atoms. The Labute approximate surface area is 118 Å². The molecule has 0 bridgehead atoms. The van der Waals surface area contributed by atoms with E-state index in [4.69, 9.17) is 11.6 Å². The molecule has 18 heavy (non-hydrogen) atoms. The fraction of sp³-hybridized carbons (Fsp3) is 0.333. The van der Waals surface area contributed by atoms with Crippen molar-refractivity contribution in [1.29, 1.82) is 0 Å². The van der Waals surface area contributed by atoms with Gasteiger partial charge in [0.25, 0.3) is 0 Å². The van der Waals surface area contributed by atoms with Crippen LogP contribution >= 0.6 is 22.9 Å². The van der Waals surface area contributed by atoms with Gasteiger partial charge in [0.15, 0.2) is 0 Å². The fourth-order valence-corrected chi connectivity index (χ4v) is 3.49. The molecule has 0 saturated heterocycles. The van der Waals surface area contributed by atoms with Gasteiger partial charge in [-0.3, -0.25) is 0 Å². The van der Waals surface area contributed by atoms with Crippen LogP contribution in [0, 0.1) is 20.8 Å². The van der Waals surface area contributed by atoms with Gasteiger partial charge in [-0.05, 0) is 50.6 Å². The van der Waals surface area contributed by atoms with Crippen LogP contribution in [0.5, 0.6) is 0 Å². The van der Waals surface area contributed by atoms with E-state index in [0.29, 0.717) is 0 Å². The summed E-state index contributed by atoms with van der Waals surface area (Å²) in [5, 5.41) is 3.40. The average Bonchev–Trinajstić information content (AvgIpc) is 2.65. The first-order valence-electron chi connectivity index (χ1n) is 6.03. The minimum Gasteiger partial charge on any atom is -0.309 e. The highest BCUT2D eigenvalue weighted by Gasteiger charge is 2.17. The Morgan fingerprint density at radius 3 is 2.39 bits per heavy atom. The number of thiophene rings is 1. The summed E-state index contributed by atoms with van der Waals surface area (Å²) in [4.78, 5) is 1.27. The van der Waals surface area contributed by atoms with Crippen LogP contribution in [0.1, 0.15) is 33.2 Å². The molecule has 0 aliphatic rings. The molecular formula is C15H18ClNS. The van der Waals surface area contributed by atoms with E-state index >= 15 is 0 Å². The van der Waals surface area contributed by atoms with Crippen molar-refractivity contribution in [3.05, 3.63) is 55.7 Å². The van der Waals surface area contributed by atoms with Gasteiger partial charge in [-0.1, -0.05) is 35.4 Å². The molecule has 96 valence electrons. The molecular weight excluding hydrogens is 262 g/mol. The number of nitrogens with one attached hydrogen (secondary N) is 1. The maximum Gasteiger partial charge on any atom is 0.0961 e. The topological polar surface area (TPSA) is 12.0 Å². The van der Waals surface area contributed by atoms with Gasteiger partial charge in [-0.2, -0.15) is 0 Å². The Hall–Kier alpha value is -0.830. The molecule has 1 atom stereocenters. The molecule has 1 aromatic carbocycles. The van der Waals surface area contributed by atoms with E-state index in [9.17, 15) is 0 Å². The molecule has 1 heterocycles. The Morgan fingerprint density at radius 1 is 1.11 bits per heavy atom. The van der Waals surface area contributed by atoms with Crippen LogP contribution in [0.4, 0.5) is 0 Å². The third-order valence-electron chi connectivity index (χ3n) is 3.20. The normalized spacial score (nSPS) is 12.7. The summed E-state index contributed by atoms with van der Waals surface area (Å²) in [5.41, 5.74) is 5.08. The van der Waals surface area contributed by atoms with Crippen LogP contribution in [0.25, 0.3) is 0 Å². The molecule has 1 aromatic heterocycles. The van der Waals surface area contributed by atoms with Gasteiger partial charge >= 0.3 is 0 Å². The molecule has 2 rings (SSSR count). The SMILES string of the molecule is CNC(c1cc(C)c(Cl)s1)c1cc(C)ccc1C. The second kappa shape index (κ2) is 5.43. The van der Waals surface area contributed by atoms with Gasteiger partial charge in [0.05, 0.1) is 10.4 Å². The standard InChI is InChI=1S/C15H18ClNS/c1-9-5-6-10(2)12(7-9)14(17-4)13-8-11(3)15(16)18-13/h5-8,14,17H,1-4H3. The molecule has 0 aliphatic carbocycles. The highest BCUT2D eigenvalue weighted by Crippen LogP contribution is 2.35. The monoisotopic (exact) mass is 279 g/mol. The number of hydrogen-bond acceptors (Lipinski definition) is 2. The second-order valence-corrected chi connectivity index (χ2v) is 6.37. The Bertz CT molecular complexity index is 540. The molecule has 3 heteroatoms. The predicted molar refractivity (Wildman–Crippen MR) is 80.9 cm³/mol. The van der Waals surface area contributed by atoms with Crippen molar-refractivity contribution >= 4 is 22.9 Å². The molecule has 0 aliphatic heterocycles. The lowest BCUT2D eigenvalue weighted by molar-refractivity contribution is 0.698. The molecule has 0 amide bonds. The first-order chi connectivity index (χ1) is 8.52. The minimum atomic E-state index is 0.223. The second-order valence-electron chi connectivity index (χ2n) is 4.69. The lowest BCUT2D eigenvalue weighted by Crippen LogP contribution is -2.17. The zero-order valence-corrected chi connectivity index (χ0v) is 12.7. The minimum absolute atomic E-state index is 0.223. The van der Waals surface area contributed by atoms with E-state index in [1.165, 1.54) is 21.6 Å². The highest BCUT2D eigenvalue weighted by atomic mass is 35.5. The third kappa shape index (κ3) is 2.61. The molecule has 1 N–H and O–H groups in total. The summed E-state index contributed by atoms with van der Waals surface area (Å²) in [5.74, 6) is 0. The van der Waals surface area contributed by atoms with Crippen molar-refractivity contribution in [2.45, 2.75) is 26.8 Å². The molecule has 1 unspecified atom stereocenters. The van der Waals surface area contributed by atoms with Gasteiger partial charge in [0.2, 0.25) is 0 Å². The first kappa shape index (κ1) is 13.6. The van der Waals surface area contributed by atoms with Gasteiger partial charge in [0, 0.05) is 4.88 Å². The van der Waals surface area contributed by atoms with E-state index in [1.807, 2.05) is 7.05 Å². The third-order valence-corrected chi connectivity index (χ3v) is 4.82. The van der Waals surface area contributed by atoms with Crippen LogP contribution in [-0.4, -0.2) is 7.05 Å². The fourth-order valence-electron chi connectivity index (χ4n) is 2.15. The van der Waals surface area contributed by atoms with Crippen molar-refractivity contribution in [2.24, 2.45) is 0 Å². The van der Waals surface area contributed by atoms with Crippen LogP contribution in [0.15, 0.2) is 24.3 Å². The zero-order chi connectivity index (χ0) is 13.3. The molecule has 0 saturated carbocycles. The van der Waals surface area contributed by atoms with Crippen LogP contribution in [0.2, 0.25) is 4.34 Å². The van der Waals surface area contributed by atoms with Crippen molar-refractivity contribution in [3.63, 3.8) is 0 Å². The molecule has 2 aromatic rings. The van der Waals surface area contributed by atoms with Crippen molar-refractivity contribution in [2.75, 3.05) is 7.05 Å². The summed E-state index contributed by atoms with van der Waals surface area (Å²) in [6.07, 6.45) is 0. The van der Waals surface area contributed by atoms with E-state index < -0.39 is 0 Å². The average molecular weight is 280 g/mol. The quantitative estimate of drug-likeness (QED) is 0.863. The number of halogens is 1. The summed E-state index contributed by atoms with van der Waals surface area (Å²) in [7, 11) is 2.00. The number of hydrogen-bond donors (Lipinski definition) is 1. The maximum atomic E-state index is 6.18. The van der Waals surface area contributed by atoms with Gasteiger partial charge in [-0.15, -0.1) is 11.3 Å². The van der Waals surface area contributed by atoms with Gasteiger partial charge < -0.3 is 5.32 Å². The summed E-state index contributed by atoms with van der Waals surface area (Å²) in [6.45, 7) is 6.33. The number of benzene rings is 1. The van der Waals surface area contributed by atoms with Gasteiger partial charge in [-0.25, -0.2) is 0 Å². The Balaban J connectivity index is 2.48. The highest BCUT2D eigenvalue weighted by molar-refractivity contribution is 7.16. The van der Waals surface area contributed by atoms with E-state index in [-0.39, 0.29) is 6.04 Å². The maximum absolute atomic E-state index is 6.18. The van der Waals surface area contributed by atoms with Crippen LogP contribution in [0.3, 0.4) is 0 Å². The van der Waals surface area contributed by atoms with Crippen molar-refractivity contribution < 1.29 is 0 Å². The Morgan fingerprint density at radius 2 is 1.83 bits per heavy atom. The van der Waals surface area contributed by atoms with Crippen molar-refractivity contribution in [1.82, 2.24) is 5.32 Å². The van der Waals surface area contributed by atoms with Crippen LogP contribution < -0.4 is 5.32 Å². The number of aryl methyl sites for hydroxylation is 3. The smallest absolute Gasteiger partial charge is 0.0961 e. The van der Waals surface area contributed by atoms with Crippen molar-refractivity contribution in [3.8, 4) is 0 Å². The Kier molecular flexibility index (Phi) is 4.10. The first-order valence-corrected chi connectivity index (χ1v) is 7.22.